The fraction of sp³-hybridized carbons (Fsp3) is 0.364. The average molecular weight is 305 g/mol. The Bertz CT molecular complexity index is 399. The molecule has 0 heterocycles. The van der Waals surface area contributed by atoms with Crippen molar-refractivity contribution in [1.29, 1.82) is 0 Å². The maximum Gasteiger partial charge on any atom is 0.165 e. The van der Waals surface area contributed by atoms with E-state index in [1.54, 1.807) is 12.1 Å². The van der Waals surface area contributed by atoms with Crippen LogP contribution in [0.5, 0.6) is 5.75 Å². The highest BCUT2D eigenvalue weighted by Crippen LogP contribution is 2.22. The molecule has 0 aliphatic rings. The van der Waals surface area contributed by atoms with Gasteiger partial charge in [0.1, 0.15) is 5.84 Å². The van der Waals surface area contributed by atoms with Gasteiger partial charge in [-0.25, -0.2) is 4.39 Å². The molecule has 0 aliphatic carbocycles. The van der Waals surface area contributed by atoms with Crippen LogP contribution in [0.1, 0.15) is 19.3 Å². The van der Waals surface area contributed by atoms with Crippen molar-refractivity contribution in [3.63, 3.8) is 0 Å². The summed E-state index contributed by atoms with van der Waals surface area (Å²) >= 11 is 3.24. The van der Waals surface area contributed by atoms with Crippen molar-refractivity contribution in [2.75, 3.05) is 6.61 Å². The highest BCUT2D eigenvalue weighted by Gasteiger charge is 2.03. The molecule has 0 saturated heterocycles. The van der Waals surface area contributed by atoms with Crippen molar-refractivity contribution in [3.05, 3.63) is 28.5 Å². The molecule has 3 N–H and O–H groups in total. The van der Waals surface area contributed by atoms with Crippen LogP contribution >= 0.6 is 15.9 Å². The number of nitrogens with zero attached hydrogens (tertiary/aromatic N) is 1. The van der Waals surface area contributed by atoms with Gasteiger partial charge in [0.15, 0.2) is 11.6 Å². The SMILES string of the molecule is N/C(CCCCOc1cc(Br)ccc1F)=N/O. The molecular formula is C11H14BrFN2O2. The summed E-state index contributed by atoms with van der Waals surface area (Å²) in [6, 6.07) is 4.54. The largest absolute Gasteiger partial charge is 0.490 e. The number of oxime groups is 1. The lowest BCUT2D eigenvalue weighted by Crippen LogP contribution is -2.11. The number of hydrogen-bond donors (Lipinski definition) is 2. The number of hydrogen-bond acceptors (Lipinski definition) is 3. The first-order chi connectivity index (χ1) is 8.13. The number of amidine groups is 1. The van der Waals surface area contributed by atoms with E-state index in [-0.39, 0.29) is 17.4 Å². The molecule has 1 aromatic carbocycles. The molecular weight excluding hydrogens is 291 g/mol. The first-order valence-electron chi connectivity index (χ1n) is 5.17. The molecule has 94 valence electrons. The van der Waals surface area contributed by atoms with Gasteiger partial charge in [-0.3, -0.25) is 0 Å². The molecule has 17 heavy (non-hydrogen) atoms. The standard InChI is InChI=1S/C11H14BrFN2O2/c12-8-4-5-9(13)10(7-8)17-6-2-1-3-11(14)15-16/h4-5,7,16H,1-3,6H2,(H2,14,15). The Morgan fingerprint density at radius 3 is 2.94 bits per heavy atom. The van der Waals surface area contributed by atoms with Crippen molar-refractivity contribution in [1.82, 2.24) is 0 Å². The molecule has 0 atom stereocenters. The lowest BCUT2D eigenvalue weighted by atomic mass is 10.2. The van der Waals surface area contributed by atoms with Crippen LogP contribution < -0.4 is 10.5 Å². The molecule has 0 saturated carbocycles. The molecule has 4 nitrogen and oxygen atoms in total. The Labute approximate surface area is 107 Å². The molecule has 6 heteroatoms. The summed E-state index contributed by atoms with van der Waals surface area (Å²) in [5, 5.41) is 11.2. The minimum Gasteiger partial charge on any atom is -0.490 e. The highest BCUT2D eigenvalue weighted by molar-refractivity contribution is 9.10. The summed E-state index contributed by atoms with van der Waals surface area (Å²) in [5.41, 5.74) is 5.30. The second-order valence-electron chi connectivity index (χ2n) is 3.47. The lowest BCUT2D eigenvalue weighted by molar-refractivity contribution is 0.291. The number of unbranched alkanes of at least 4 members (excludes halogenated alkanes) is 1. The van der Waals surface area contributed by atoms with Gasteiger partial charge in [-0.2, -0.15) is 0 Å². The number of benzene rings is 1. The van der Waals surface area contributed by atoms with Crippen LogP contribution in [0.4, 0.5) is 4.39 Å². The Hall–Kier alpha value is -1.30. The smallest absolute Gasteiger partial charge is 0.165 e. The van der Waals surface area contributed by atoms with Gasteiger partial charge in [0.05, 0.1) is 6.61 Å². The second-order valence-corrected chi connectivity index (χ2v) is 4.39. The lowest BCUT2D eigenvalue weighted by Gasteiger charge is -2.07. The Balaban J connectivity index is 2.29. The first-order valence-corrected chi connectivity index (χ1v) is 5.97. The van der Waals surface area contributed by atoms with E-state index < -0.39 is 0 Å². The fourth-order valence-corrected chi connectivity index (χ4v) is 1.57. The van der Waals surface area contributed by atoms with Gasteiger partial charge >= 0.3 is 0 Å². The Morgan fingerprint density at radius 1 is 1.47 bits per heavy atom. The predicted octanol–water partition coefficient (Wildman–Crippen LogP) is 2.88. The van der Waals surface area contributed by atoms with Crippen LogP contribution in [0, 0.1) is 5.82 Å². The van der Waals surface area contributed by atoms with Crippen molar-refractivity contribution < 1.29 is 14.3 Å². The summed E-state index contributed by atoms with van der Waals surface area (Å²) in [6.07, 6.45) is 1.94. The minimum absolute atomic E-state index is 0.193. The van der Waals surface area contributed by atoms with E-state index in [1.807, 2.05) is 0 Å². The van der Waals surface area contributed by atoms with Crippen LogP contribution in [-0.4, -0.2) is 17.6 Å². The molecule has 0 amide bonds. The molecule has 0 spiro atoms. The van der Waals surface area contributed by atoms with Gasteiger partial charge < -0.3 is 15.7 Å². The van der Waals surface area contributed by atoms with E-state index >= 15 is 0 Å². The normalized spacial score (nSPS) is 11.5. The first kappa shape index (κ1) is 13.8. The van der Waals surface area contributed by atoms with Gasteiger partial charge in [0.2, 0.25) is 0 Å². The van der Waals surface area contributed by atoms with Crippen molar-refractivity contribution in [3.8, 4) is 5.75 Å². The van der Waals surface area contributed by atoms with E-state index in [0.29, 0.717) is 19.4 Å². The Kier molecular flexibility index (Phi) is 5.76. The molecule has 0 aromatic heterocycles. The molecule has 1 rings (SSSR count). The van der Waals surface area contributed by atoms with E-state index in [9.17, 15) is 4.39 Å². The van der Waals surface area contributed by atoms with Crippen LogP contribution in [0.2, 0.25) is 0 Å². The predicted molar refractivity (Wildman–Crippen MR) is 66.9 cm³/mol. The fourth-order valence-electron chi connectivity index (χ4n) is 1.23. The number of nitrogens with two attached hydrogens (primary N) is 1. The quantitative estimate of drug-likeness (QED) is 0.279. The summed E-state index contributed by atoms with van der Waals surface area (Å²) in [6.45, 7) is 0.395. The third-order valence-corrected chi connectivity index (χ3v) is 2.60. The van der Waals surface area contributed by atoms with E-state index in [0.717, 1.165) is 10.9 Å². The monoisotopic (exact) mass is 304 g/mol. The molecule has 0 radical (unpaired) electrons. The zero-order chi connectivity index (χ0) is 12.7. The topological polar surface area (TPSA) is 67.8 Å². The molecule has 0 fully saturated rings. The van der Waals surface area contributed by atoms with Crippen molar-refractivity contribution >= 4 is 21.8 Å². The van der Waals surface area contributed by atoms with Gasteiger partial charge in [0.25, 0.3) is 0 Å². The number of halogens is 2. The van der Waals surface area contributed by atoms with Crippen LogP contribution in [0.25, 0.3) is 0 Å². The van der Waals surface area contributed by atoms with Crippen molar-refractivity contribution in [2.45, 2.75) is 19.3 Å². The third kappa shape index (κ3) is 5.04. The average Bonchev–Trinajstić information content (AvgIpc) is 2.32. The summed E-state index contributed by atoms with van der Waals surface area (Å²) in [7, 11) is 0. The summed E-state index contributed by atoms with van der Waals surface area (Å²) in [4.78, 5) is 0. The van der Waals surface area contributed by atoms with E-state index in [2.05, 4.69) is 21.1 Å². The van der Waals surface area contributed by atoms with Gasteiger partial charge in [0, 0.05) is 10.9 Å². The van der Waals surface area contributed by atoms with Crippen LogP contribution in [0.3, 0.4) is 0 Å². The highest BCUT2D eigenvalue weighted by atomic mass is 79.9. The zero-order valence-electron chi connectivity index (χ0n) is 9.20. The number of ether oxygens (including phenoxy) is 1. The Morgan fingerprint density at radius 2 is 2.24 bits per heavy atom. The minimum atomic E-state index is -0.385. The van der Waals surface area contributed by atoms with E-state index in [1.165, 1.54) is 6.07 Å². The second kappa shape index (κ2) is 7.11. The summed E-state index contributed by atoms with van der Waals surface area (Å²) < 4.78 is 19.3. The zero-order valence-corrected chi connectivity index (χ0v) is 10.8. The molecule has 0 bridgehead atoms. The maximum absolute atomic E-state index is 13.2. The molecule has 0 unspecified atom stereocenters. The number of rotatable bonds is 6. The van der Waals surface area contributed by atoms with Crippen molar-refractivity contribution in [2.24, 2.45) is 10.9 Å². The van der Waals surface area contributed by atoms with Gasteiger partial charge in [-0.15, -0.1) is 0 Å². The summed E-state index contributed by atoms with van der Waals surface area (Å²) in [5.74, 6) is 0.0337. The van der Waals surface area contributed by atoms with Gasteiger partial charge in [-0.1, -0.05) is 21.1 Å². The van der Waals surface area contributed by atoms with Crippen LogP contribution in [-0.2, 0) is 0 Å². The molecule has 1 aromatic rings. The van der Waals surface area contributed by atoms with E-state index in [4.69, 9.17) is 15.7 Å². The van der Waals surface area contributed by atoms with Crippen LogP contribution in [0.15, 0.2) is 27.8 Å². The third-order valence-electron chi connectivity index (χ3n) is 2.11. The molecule has 0 aliphatic heterocycles. The van der Waals surface area contributed by atoms with Gasteiger partial charge in [-0.05, 0) is 31.0 Å². The maximum atomic E-state index is 13.2.